The van der Waals surface area contributed by atoms with Gasteiger partial charge in [0.1, 0.15) is 22.5 Å². The average molecular weight is 281 g/mol. The lowest BCUT2D eigenvalue weighted by atomic mass is 10.2. The Balaban J connectivity index is 2.42. The van der Waals surface area contributed by atoms with E-state index in [-0.39, 0.29) is 5.82 Å². The second-order valence-electron chi connectivity index (χ2n) is 4.23. The van der Waals surface area contributed by atoms with Gasteiger partial charge in [-0.05, 0) is 25.5 Å². The van der Waals surface area contributed by atoms with Crippen molar-refractivity contribution in [2.75, 3.05) is 0 Å². The highest BCUT2D eigenvalue weighted by Gasteiger charge is 2.12. The van der Waals surface area contributed by atoms with Gasteiger partial charge in [-0.15, -0.1) is 0 Å². The van der Waals surface area contributed by atoms with Gasteiger partial charge in [0, 0.05) is 18.1 Å². The fourth-order valence-electron chi connectivity index (χ4n) is 1.56. The van der Waals surface area contributed by atoms with Crippen LogP contribution in [0.15, 0.2) is 18.2 Å². The van der Waals surface area contributed by atoms with Gasteiger partial charge in [-0.3, -0.25) is 0 Å². The summed E-state index contributed by atoms with van der Waals surface area (Å²) in [5, 5.41) is 0.357. The molecule has 0 N–H and O–H groups in total. The Hall–Kier alpha value is -1.68. The first-order valence-corrected chi connectivity index (χ1v) is 6.36. The zero-order valence-corrected chi connectivity index (χ0v) is 11.8. The van der Waals surface area contributed by atoms with Crippen LogP contribution in [0, 0.1) is 19.7 Å². The lowest BCUT2D eigenvalue weighted by molar-refractivity contribution is 0.447. The van der Waals surface area contributed by atoms with Crippen molar-refractivity contribution in [3.8, 4) is 11.6 Å². The largest absolute Gasteiger partial charge is 0.438 e. The Labute approximate surface area is 116 Å². The van der Waals surface area contributed by atoms with Crippen LogP contribution in [0.4, 0.5) is 4.39 Å². The maximum Gasteiger partial charge on any atom is 0.227 e. The SMILES string of the molecule is CCc1nc(Cl)c(C)c(Oc2cc(F)ccc2C)n1. The first-order valence-electron chi connectivity index (χ1n) is 5.98. The van der Waals surface area contributed by atoms with Crippen molar-refractivity contribution < 1.29 is 9.13 Å². The summed E-state index contributed by atoms with van der Waals surface area (Å²) < 4.78 is 18.9. The summed E-state index contributed by atoms with van der Waals surface area (Å²) in [5.74, 6) is 1.04. The van der Waals surface area contributed by atoms with Gasteiger partial charge in [0.15, 0.2) is 0 Å². The van der Waals surface area contributed by atoms with E-state index >= 15 is 0 Å². The summed E-state index contributed by atoms with van der Waals surface area (Å²) in [6.07, 6.45) is 0.651. The molecule has 0 aliphatic carbocycles. The summed E-state index contributed by atoms with van der Waals surface area (Å²) in [4.78, 5) is 8.41. The smallest absolute Gasteiger partial charge is 0.227 e. The highest BCUT2D eigenvalue weighted by Crippen LogP contribution is 2.29. The first kappa shape index (κ1) is 13.7. The van der Waals surface area contributed by atoms with E-state index in [9.17, 15) is 4.39 Å². The van der Waals surface area contributed by atoms with Gasteiger partial charge in [0.25, 0.3) is 0 Å². The molecule has 0 radical (unpaired) electrons. The summed E-state index contributed by atoms with van der Waals surface area (Å²) in [6.45, 7) is 5.54. The van der Waals surface area contributed by atoms with Crippen LogP contribution in [0.1, 0.15) is 23.9 Å². The van der Waals surface area contributed by atoms with Crippen LogP contribution >= 0.6 is 11.6 Å². The zero-order chi connectivity index (χ0) is 14.0. The normalized spacial score (nSPS) is 10.6. The van der Waals surface area contributed by atoms with Crippen molar-refractivity contribution in [2.24, 2.45) is 0 Å². The van der Waals surface area contributed by atoms with Gasteiger partial charge < -0.3 is 4.74 Å². The van der Waals surface area contributed by atoms with E-state index in [0.29, 0.717) is 34.6 Å². The third kappa shape index (κ3) is 3.01. The quantitative estimate of drug-likeness (QED) is 0.789. The van der Waals surface area contributed by atoms with Gasteiger partial charge in [-0.25, -0.2) is 9.37 Å². The summed E-state index contributed by atoms with van der Waals surface area (Å²) in [7, 11) is 0. The number of rotatable bonds is 3. The molecule has 1 aromatic carbocycles. The Kier molecular flexibility index (Phi) is 4.00. The molecule has 0 saturated heterocycles. The molecule has 0 aliphatic heterocycles. The number of aromatic nitrogens is 2. The molecule has 0 spiro atoms. The van der Waals surface area contributed by atoms with Crippen LogP contribution in [0.2, 0.25) is 5.15 Å². The summed E-state index contributed by atoms with van der Waals surface area (Å²) in [5.41, 5.74) is 1.47. The van der Waals surface area contributed by atoms with Gasteiger partial charge in [0.05, 0.1) is 0 Å². The fraction of sp³-hybridized carbons (Fsp3) is 0.286. The molecule has 0 bridgehead atoms. The maximum atomic E-state index is 13.2. The van der Waals surface area contributed by atoms with Gasteiger partial charge in [0.2, 0.25) is 5.88 Å². The second kappa shape index (κ2) is 5.53. The number of hydrogen-bond acceptors (Lipinski definition) is 3. The van der Waals surface area contributed by atoms with Crippen molar-refractivity contribution in [3.63, 3.8) is 0 Å². The van der Waals surface area contributed by atoms with Crippen molar-refractivity contribution >= 4 is 11.6 Å². The molecule has 1 aromatic heterocycles. The lowest BCUT2D eigenvalue weighted by Crippen LogP contribution is -2.01. The number of benzene rings is 1. The van der Waals surface area contributed by atoms with Crippen LogP contribution in [0.25, 0.3) is 0 Å². The van der Waals surface area contributed by atoms with Crippen molar-refractivity contribution in [2.45, 2.75) is 27.2 Å². The Morgan fingerprint density at radius 1 is 1.26 bits per heavy atom. The summed E-state index contributed by atoms with van der Waals surface area (Å²) >= 11 is 6.03. The number of halogens is 2. The Bertz CT molecular complexity index is 617. The van der Waals surface area contributed by atoms with Gasteiger partial charge >= 0.3 is 0 Å². The number of ether oxygens (including phenoxy) is 1. The third-order valence-corrected chi connectivity index (χ3v) is 3.13. The van der Waals surface area contributed by atoms with E-state index in [4.69, 9.17) is 16.3 Å². The van der Waals surface area contributed by atoms with Crippen LogP contribution < -0.4 is 4.74 Å². The number of hydrogen-bond donors (Lipinski definition) is 0. The molecule has 3 nitrogen and oxygen atoms in total. The van der Waals surface area contributed by atoms with E-state index in [0.717, 1.165) is 5.56 Å². The molecular formula is C14H14ClFN2O. The van der Waals surface area contributed by atoms with Gasteiger partial charge in [-0.1, -0.05) is 24.6 Å². The molecule has 1 heterocycles. The van der Waals surface area contributed by atoms with Gasteiger partial charge in [-0.2, -0.15) is 4.98 Å². The third-order valence-electron chi connectivity index (χ3n) is 2.76. The molecule has 5 heteroatoms. The first-order chi connectivity index (χ1) is 9.01. The van der Waals surface area contributed by atoms with Crippen LogP contribution in [-0.4, -0.2) is 9.97 Å². The number of nitrogens with zero attached hydrogens (tertiary/aromatic N) is 2. The van der Waals surface area contributed by atoms with Crippen LogP contribution in [-0.2, 0) is 6.42 Å². The zero-order valence-electron chi connectivity index (χ0n) is 11.0. The molecular weight excluding hydrogens is 267 g/mol. The Morgan fingerprint density at radius 2 is 2.00 bits per heavy atom. The van der Waals surface area contributed by atoms with Crippen LogP contribution in [0.3, 0.4) is 0 Å². The fourth-order valence-corrected chi connectivity index (χ4v) is 1.74. The standard InChI is InChI=1S/C14H14ClFN2O/c1-4-12-17-13(15)9(3)14(18-12)19-11-7-10(16)6-5-8(11)2/h5-7H,4H2,1-3H3. The molecule has 100 valence electrons. The minimum atomic E-state index is -0.353. The minimum absolute atomic E-state index is 0.353. The maximum absolute atomic E-state index is 13.2. The highest BCUT2D eigenvalue weighted by atomic mass is 35.5. The second-order valence-corrected chi connectivity index (χ2v) is 4.58. The van der Waals surface area contributed by atoms with Crippen molar-refractivity contribution in [1.82, 2.24) is 9.97 Å². The molecule has 0 amide bonds. The lowest BCUT2D eigenvalue weighted by Gasteiger charge is -2.11. The molecule has 0 aliphatic rings. The number of aryl methyl sites for hydroxylation is 2. The Morgan fingerprint density at radius 3 is 2.68 bits per heavy atom. The predicted octanol–water partition coefficient (Wildman–Crippen LogP) is 4.24. The van der Waals surface area contributed by atoms with E-state index in [1.54, 1.807) is 13.0 Å². The molecule has 0 fully saturated rings. The molecule has 19 heavy (non-hydrogen) atoms. The minimum Gasteiger partial charge on any atom is -0.438 e. The molecule has 2 rings (SSSR count). The molecule has 2 aromatic rings. The summed E-state index contributed by atoms with van der Waals surface area (Å²) in [6, 6.07) is 4.37. The van der Waals surface area contributed by atoms with E-state index in [1.165, 1.54) is 12.1 Å². The molecule has 0 saturated carbocycles. The monoisotopic (exact) mass is 280 g/mol. The van der Waals surface area contributed by atoms with E-state index < -0.39 is 0 Å². The molecule has 0 unspecified atom stereocenters. The van der Waals surface area contributed by atoms with Crippen molar-refractivity contribution in [3.05, 3.63) is 46.1 Å². The molecule has 0 atom stereocenters. The topological polar surface area (TPSA) is 35.0 Å². The van der Waals surface area contributed by atoms with E-state index in [1.807, 2.05) is 13.8 Å². The highest BCUT2D eigenvalue weighted by molar-refractivity contribution is 6.30. The average Bonchev–Trinajstić information content (AvgIpc) is 2.38. The predicted molar refractivity (Wildman–Crippen MR) is 72.4 cm³/mol. The van der Waals surface area contributed by atoms with E-state index in [2.05, 4.69) is 9.97 Å². The van der Waals surface area contributed by atoms with Crippen LogP contribution in [0.5, 0.6) is 11.6 Å². The van der Waals surface area contributed by atoms with Crippen molar-refractivity contribution in [1.29, 1.82) is 0 Å².